The van der Waals surface area contributed by atoms with Crippen LogP contribution in [0, 0.1) is 5.92 Å². The van der Waals surface area contributed by atoms with Gasteiger partial charge < -0.3 is 10.6 Å². The van der Waals surface area contributed by atoms with Crippen LogP contribution in [-0.2, 0) is 14.6 Å². The van der Waals surface area contributed by atoms with E-state index < -0.39 is 21.3 Å². The number of sulfone groups is 1. The molecule has 0 spiro atoms. The number of hydrogen-bond acceptors (Lipinski definition) is 5. The highest BCUT2D eigenvalue weighted by Gasteiger charge is 2.38. The Labute approximate surface area is 130 Å². The summed E-state index contributed by atoms with van der Waals surface area (Å²) >= 11 is 6.01. The topological polar surface area (TPSA) is 78.5 Å². The molecule has 3 aliphatic heterocycles. The molecule has 3 fully saturated rings. The average molecular weight is 336 g/mol. The van der Waals surface area contributed by atoms with Gasteiger partial charge in [0.1, 0.15) is 0 Å². The molecule has 3 heterocycles. The van der Waals surface area contributed by atoms with E-state index in [0.29, 0.717) is 18.5 Å². The summed E-state index contributed by atoms with van der Waals surface area (Å²) in [7, 11) is -3.10. The molecule has 6 nitrogen and oxygen atoms in total. The quantitative estimate of drug-likeness (QED) is 0.660. The number of piperidine rings is 1. The van der Waals surface area contributed by atoms with E-state index in [4.69, 9.17) is 11.6 Å². The second-order valence-electron chi connectivity index (χ2n) is 6.42. The predicted octanol–water partition coefficient (Wildman–Crippen LogP) is -0.809. The van der Waals surface area contributed by atoms with Gasteiger partial charge in [-0.2, -0.15) is 0 Å². The molecule has 4 atom stereocenters. The third-order valence-corrected chi connectivity index (χ3v) is 7.05. The van der Waals surface area contributed by atoms with Crippen LogP contribution in [0.2, 0.25) is 0 Å². The minimum absolute atomic E-state index is 0.0420. The minimum Gasteiger partial charge on any atom is -0.350 e. The zero-order valence-electron chi connectivity index (χ0n) is 11.9. The molecule has 21 heavy (non-hydrogen) atoms. The maximum atomic E-state index is 12.1. The maximum Gasteiger partial charge on any atom is 0.234 e. The maximum absolute atomic E-state index is 12.1. The zero-order valence-corrected chi connectivity index (χ0v) is 13.5. The van der Waals surface area contributed by atoms with Gasteiger partial charge in [-0.15, -0.1) is 11.6 Å². The van der Waals surface area contributed by atoms with Crippen molar-refractivity contribution in [2.24, 2.45) is 5.92 Å². The minimum atomic E-state index is -3.10. The Bertz CT molecular complexity index is 499. The average Bonchev–Trinajstić information content (AvgIpc) is 2.89. The second-order valence-corrected chi connectivity index (χ2v) is 9.14. The number of carbonyl (C=O) groups is 1. The standard InChI is InChI=1S/C13H22ClN3O3S/c14-10-7-21(19,20)8-12(10)16-13(18)6-17-4-9-2-1-3-15-11(9)5-17/h9-12,15H,1-8H2,(H,16,18)/t9-,10?,11+,12?/m0/s1. The number of fused-ring (bicyclic) bond motifs is 1. The number of nitrogens with zero attached hydrogens (tertiary/aromatic N) is 1. The van der Waals surface area contributed by atoms with Crippen molar-refractivity contribution in [3.63, 3.8) is 0 Å². The molecule has 1 amide bonds. The van der Waals surface area contributed by atoms with Crippen molar-refractivity contribution < 1.29 is 13.2 Å². The smallest absolute Gasteiger partial charge is 0.234 e. The number of nitrogens with one attached hydrogen (secondary N) is 2. The molecule has 0 aromatic heterocycles. The molecule has 0 saturated carbocycles. The van der Waals surface area contributed by atoms with E-state index in [0.717, 1.165) is 19.6 Å². The van der Waals surface area contributed by atoms with Gasteiger partial charge in [0, 0.05) is 19.1 Å². The third-order valence-electron chi connectivity index (χ3n) is 4.67. The number of amides is 1. The van der Waals surface area contributed by atoms with Crippen LogP contribution in [0.5, 0.6) is 0 Å². The third kappa shape index (κ3) is 3.70. The Hall–Kier alpha value is -0.370. The molecular formula is C13H22ClN3O3S. The summed E-state index contributed by atoms with van der Waals surface area (Å²) in [6.45, 7) is 3.23. The van der Waals surface area contributed by atoms with Gasteiger partial charge >= 0.3 is 0 Å². The fourth-order valence-electron chi connectivity index (χ4n) is 3.66. The molecule has 0 radical (unpaired) electrons. The van der Waals surface area contributed by atoms with Crippen LogP contribution < -0.4 is 10.6 Å². The summed E-state index contributed by atoms with van der Waals surface area (Å²) in [4.78, 5) is 14.2. The molecule has 3 aliphatic rings. The number of halogens is 1. The molecular weight excluding hydrogens is 314 g/mol. The first-order valence-electron chi connectivity index (χ1n) is 7.52. The van der Waals surface area contributed by atoms with E-state index in [2.05, 4.69) is 15.5 Å². The van der Waals surface area contributed by atoms with E-state index in [1.54, 1.807) is 0 Å². The van der Waals surface area contributed by atoms with Crippen LogP contribution in [0.1, 0.15) is 12.8 Å². The molecule has 8 heteroatoms. The summed E-state index contributed by atoms with van der Waals surface area (Å²) < 4.78 is 23.0. The van der Waals surface area contributed by atoms with Crippen molar-refractivity contribution in [3.05, 3.63) is 0 Å². The van der Waals surface area contributed by atoms with Gasteiger partial charge in [0.15, 0.2) is 9.84 Å². The van der Waals surface area contributed by atoms with Crippen LogP contribution in [0.25, 0.3) is 0 Å². The van der Waals surface area contributed by atoms with Crippen LogP contribution in [0.3, 0.4) is 0 Å². The lowest BCUT2D eigenvalue weighted by Gasteiger charge is -2.24. The second kappa shape index (κ2) is 6.02. The van der Waals surface area contributed by atoms with Crippen molar-refractivity contribution in [1.82, 2.24) is 15.5 Å². The Morgan fingerprint density at radius 3 is 2.81 bits per heavy atom. The van der Waals surface area contributed by atoms with Gasteiger partial charge in [0.05, 0.1) is 29.5 Å². The number of likely N-dealkylation sites (tertiary alicyclic amines) is 1. The van der Waals surface area contributed by atoms with Gasteiger partial charge in [0.2, 0.25) is 5.91 Å². The van der Waals surface area contributed by atoms with Crippen molar-refractivity contribution in [2.75, 3.05) is 37.7 Å². The molecule has 0 aromatic rings. The SMILES string of the molecule is O=C(CN1C[C@@H]2CCCN[C@@H]2C1)NC1CS(=O)(=O)CC1Cl. The number of hydrogen-bond donors (Lipinski definition) is 2. The highest BCUT2D eigenvalue weighted by atomic mass is 35.5. The van der Waals surface area contributed by atoms with E-state index in [-0.39, 0.29) is 17.4 Å². The summed E-state index contributed by atoms with van der Waals surface area (Å²) in [5, 5.41) is 5.77. The monoisotopic (exact) mass is 335 g/mol. The Balaban J connectivity index is 1.49. The number of carbonyl (C=O) groups excluding carboxylic acids is 1. The first-order valence-corrected chi connectivity index (χ1v) is 9.78. The van der Waals surface area contributed by atoms with Gasteiger partial charge in [-0.25, -0.2) is 8.42 Å². The van der Waals surface area contributed by atoms with Gasteiger partial charge in [-0.1, -0.05) is 0 Å². The Kier molecular flexibility index (Phi) is 4.45. The lowest BCUT2D eigenvalue weighted by atomic mass is 9.94. The molecule has 0 aromatic carbocycles. The molecule has 0 bridgehead atoms. The van der Waals surface area contributed by atoms with E-state index >= 15 is 0 Å². The van der Waals surface area contributed by atoms with Crippen LogP contribution in [0.4, 0.5) is 0 Å². The van der Waals surface area contributed by atoms with Crippen molar-refractivity contribution >= 4 is 27.3 Å². The first kappa shape index (κ1) is 15.5. The Morgan fingerprint density at radius 2 is 2.14 bits per heavy atom. The lowest BCUT2D eigenvalue weighted by Crippen LogP contribution is -2.45. The summed E-state index contributed by atoms with van der Waals surface area (Å²) in [6, 6.07) is 0.0476. The molecule has 2 N–H and O–H groups in total. The van der Waals surface area contributed by atoms with Crippen molar-refractivity contribution in [3.8, 4) is 0 Å². The van der Waals surface area contributed by atoms with E-state index in [1.165, 1.54) is 12.8 Å². The highest BCUT2D eigenvalue weighted by molar-refractivity contribution is 7.91. The normalized spacial score (nSPS) is 39.1. The van der Waals surface area contributed by atoms with Crippen molar-refractivity contribution in [1.29, 1.82) is 0 Å². The van der Waals surface area contributed by atoms with E-state index in [9.17, 15) is 13.2 Å². The highest BCUT2D eigenvalue weighted by Crippen LogP contribution is 2.24. The summed E-state index contributed by atoms with van der Waals surface area (Å²) in [5.74, 6) is 0.428. The van der Waals surface area contributed by atoms with Gasteiger partial charge in [0.25, 0.3) is 0 Å². The summed E-state index contributed by atoms with van der Waals surface area (Å²) in [5.41, 5.74) is 0. The van der Waals surface area contributed by atoms with Gasteiger partial charge in [-0.3, -0.25) is 9.69 Å². The van der Waals surface area contributed by atoms with Crippen LogP contribution >= 0.6 is 11.6 Å². The largest absolute Gasteiger partial charge is 0.350 e. The van der Waals surface area contributed by atoms with Crippen LogP contribution in [0.15, 0.2) is 0 Å². The predicted molar refractivity (Wildman–Crippen MR) is 81.2 cm³/mol. The molecule has 2 unspecified atom stereocenters. The molecule has 3 rings (SSSR count). The van der Waals surface area contributed by atoms with Crippen molar-refractivity contribution in [2.45, 2.75) is 30.3 Å². The van der Waals surface area contributed by atoms with E-state index in [1.807, 2.05) is 0 Å². The van der Waals surface area contributed by atoms with Crippen LogP contribution in [-0.4, -0.2) is 74.4 Å². The molecule has 120 valence electrons. The first-order chi connectivity index (χ1) is 9.93. The fraction of sp³-hybridized carbons (Fsp3) is 0.923. The zero-order chi connectivity index (χ0) is 15.0. The Morgan fingerprint density at radius 1 is 1.33 bits per heavy atom. The fourth-order valence-corrected chi connectivity index (χ4v) is 6.21. The lowest BCUT2D eigenvalue weighted by molar-refractivity contribution is -0.122. The molecule has 3 saturated heterocycles. The summed E-state index contributed by atoms with van der Waals surface area (Å²) in [6.07, 6.45) is 2.43. The molecule has 0 aliphatic carbocycles. The number of rotatable bonds is 3. The number of alkyl halides is 1. The van der Waals surface area contributed by atoms with Gasteiger partial charge in [-0.05, 0) is 25.3 Å².